The quantitative estimate of drug-likeness (QED) is 0.590. The van der Waals surface area contributed by atoms with E-state index in [-0.39, 0.29) is 18.2 Å². The Morgan fingerprint density at radius 2 is 2.07 bits per heavy atom. The van der Waals surface area contributed by atoms with E-state index in [4.69, 9.17) is 11.1 Å². The predicted octanol–water partition coefficient (Wildman–Crippen LogP) is 1.45. The van der Waals surface area contributed by atoms with Crippen molar-refractivity contribution in [3.05, 3.63) is 35.4 Å². The first-order chi connectivity index (χ1) is 6.09. The fraction of sp³-hybridized carbons (Fsp3) is 0.300. The van der Waals surface area contributed by atoms with Crippen LogP contribution in [0.25, 0.3) is 0 Å². The summed E-state index contributed by atoms with van der Waals surface area (Å²) in [6, 6.07) is 7.76. The van der Waals surface area contributed by atoms with Crippen LogP contribution < -0.4 is 5.73 Å². The van der Waals surface area contributed by atoms with Crippen LogP contribution in [0.3, 0.4) is 0 Å². The molecule has 0 saturated heterocycles. The van der Waals surface area contributed by atoms with Crippen LogP contribution in [-0.2, 0) is 6.54 Å². The van der Waals surface area contributed by atoms with Gasteiger partial charge in [-0.05, 0) is 25.7 Å². The van der Waals surface area contributed by atoms with Crippen molar-refractivity contribution in [1.29, 1.82) is 5.41 Å². The normalized spacial score (nSPS) is 9.64. The third kappa shape index (κ3) is 3.77. The standard InChI is InChI=1S/C10H15N3.ClH/c1-13(2)7-8-4-3-5-9(6-8)10(11)12;/h3-6H,7H2,1-2H3,(H3,11,12);1H. The Morgan fingerprint density at radius 1 is 1.43 bits per heavy atom. The SMILES string of the molecule is CN(C)Cc1cccc(C(=N)N)c1.Cl. The van der Waals surface area contributed by atoms with Crippen molar-refractivity contribution >= 4 is 18.2 Å². The van der Waals surface area contributed by atoms with Crippen molar-refractivity contribution in [3.8, 4) is 0 Å². The van der Waals surface area contributed by atoms with E-state index in [1.165, 1.54) is 5.56 Å². The van der Waals surface area contributed by atoms with Crippen LogP contribution in [0.15, 0.2) is 24.3 Å². The molecule has 4 heteroatoms. The van der Waals surface area contributed by atoms with E-state index < -0.39 is 0 Å². The van der Waals surface area contributed by atoms with Gasteiger partial charge in [0.25, 0.3) is 0 Å². The zero-order valence-electron chi connectivity index (χ0n) is 8.45. The smallest absolute Gasteiger partial charge is 0.122 e. The molecule has 0 saturated carbocycles. The molecule has 0 heterocycles. The van der Waals surface area contributed by atoms with Gasteiger partial charge in [-0.3, -0.25) is 5.41 Å². The highest BCUT2D eigenvalue weighted by Gasteiger charge is 1.98. The Bertz CT molecular complexity index is 310. The molecule has 0 amide bonds. The molecule has 1 rings (SSSR count). The Labute approximate surface area is 90.8 Å². The summed E-state index contributed by atoms with van der Waals surface area (Å²) >= 11 is 0. The second-order valence-electron chi connectivity index (χ2n) is 3.35. The Kier molecular flexibility index (Phi) is 5.20. The summed E-state index contributed by atoms with van der Waals surface area (Å²) in [5.74, 6) is 0.126. The van der Waals surface area contributed by atoms with Gasteiger partial charge >= 0.3 is 0 Å². The average Bonchev–Trinajstić information content (AvgIpc) is 2.03. The maximum atomic E-state index is 7.28. The minimum atomic E-state index is 0. The molecule has 1 aromatic rings. The fourth-order valence-electron chi connectivity index (χ4n) is 1.20. The molecule has 0 fully saturated rings. The summed E-state index contributed by atoms with van der Waals surface area (Å²) < 4.78 is 0. The van der Waals surface area contributed by atoms with Gasteiger partial charge in [-0.2, -0.15) is 0 Å². The van der Waals surface area contributed by atoms with Gasteiger partial charge in [-0.15, -0.1) is 12.4 Å². The minimum Gasteiger partial charge on any atom is -0.384 e. The van der Waals surface area contributed by atoms with Crippen molar-refractivity contribution in [2.45, 2.75) is 6.54 Å². The molecule has 0 aliphatic heterocycles. The molecule has 0 spiro atoms. The first-order valence-corrected chi connectivity index (χ1v) is 4.17. The zero-order chi connectivity index (χ0) is 9.84. The highest BCUT2D eigenvalue weighted by molar-refractivity contribution is 5.95. The summed E-state index contributed by atoms with van der Waals surface area (Å²) in [6.45, 7) is 0.876. The maximum Gasteiger partial charge on any atom is 0.122 e. The predicted molar refractivity (Wildman–Crippen MR) is 62.1 cm³/mol. The van der Waals surface area contributed by atoms with Gasteiger partial charge in [0, 0.05) is 12.1 Å². The number of nitrogens with two attached hydrogens (primary N) is 1. The molecular formula is C10H16ClN3. The Morgan fingerprint density at radius 3 is 2.57 bits per heavy atom. The van der Waals surface area contributed by atoms with Gasteiger partial charge in [-0.1, -0.05) is 18.2 Å². The number of rotatable bonds is 3. The number of benzene rings is 1. The summed E-state index contributed by atoms with van der Waals surface area (Å²) in [5, 5.41) is 7.28. The molecule has 0 radical (unpaired) electrons. The zero-order valence-corrected chi connectivity index (χ0v) is 9.27. The summed E-state index contributed by atoms with van der Waals surface area (Å²) in [7, 11) is 4.03. The van der Waals surface area contributed by atoms with E-state index in [0.717, 1.165) is 12.1 Å². The van der Waals surface area contributed by atoms with E-state index in [9.17, 15) is 0 Å². The van der Waals surface area contributed by atoms with Crippen molar-refractivity contribution < 1.29 is 0 Å². The van der Waals surface area contributed by atoms with Gasteiger partial charge in [-0.25, -0.2) is 0 Å². The minimum absolute atomic E-state index is 0. The molecule has 0 aliphatic rings. The van der Waals surface area contributed by atoms with Crippen LogP contribution in [0, 0.1) is 5.41 Å². The summed E-state index contributed by atoms with van der Waals surface area (Å²) in [6.07, 6.45) is 0. The molecule has 78 valence electrons. The van der Waals surface area contributed by atoms with E-state index >= 15 is 0 Å². The number of hydrogen-bond acceptors (Lipinski definition) is 2. The summed E-state index contributed by atoms with van der Waals surface area (Å²) in [4.78, 5) is 2.08. The lowest BCUT2D eigenvalue weighted by Gasteiger charge is -2.10. The van der Waals surface area contributed by atoms with Gasteiger partial charge in [0.15, 0.2) is 0 Å². The molecule has 3 nitrogen and oxygen atoms in total. The van der Waals surface area contributed by atoms with E-state index in [0.29, 0.717) is 0 Å². The molecule has 1 aromatic carbocycles. The van der Waals surface area contributed by atoms with Crippen LogP contribution in [0.4, 0.5) is 0 Å². The van der Waals surface area contributed by atoms with Gasteiger partial charge in [0.05, 0.1) is 0 Å². The van der Waals surface area contributed by atoms with Crippen molar-refractivity contribution in [3.63, 3.8) is 0 Å². The molecule has 3 N–H and O–H groups in total. The van der Waals surface area contributed by atoms with E-state index in [2.05, 4.69) is 4.90 Å². The van der Waals surface area contributed by atoms with Gasteiger partial charge < -0.3 is 10.6 Å². The first kappa shape index (κ1) is 12.9. The molecule has 0 unspecified atom stereocenters. The Hall–Kier alpha value is -1.06. The van der Waals surface area contributed by atoms with Gasteiger partial charge in [0.2, 0.25) is 0 Å². The molecule has 0 atom stereocenters. The number of halogens is 1. The Balaban J connectivity index is 0.00000169. The monoisotopic (exact) mass is 213 g/mol. The fourth-order valence-corrected chi connectivity index (χ4v) is 1.20. The van der Waals surface area contributed by atoms with Crippen LogP contribution in [0.2, 0.25) is 0 Å². The van der Waals surface area contributed by atoms with Crippen LogP contribution in [0.5, 0.6) is 0 Å². The average molecular weight is 214 g/mol. The number of nitrogen functional groups attached to an aromatic ring is 1. The lowest BCUT2D eigenvalue weighted by Crippen LogP contribution is -2.14. The lowest BCUT2D eigenvalue weighted by atomic mass is 10.1. The molecule has 0 bridgehead atoms. The van der Waals surface area contributed by atoms with Crippen LogP contribution >= 0.6 is 12.4 Å². The largest absolute Gasteiger partial charge is 0.384 e. The van der Waals surface area contributed by atoms with Crippen molar-refractivity contribution in [2.24, 2.45) is 5.73 Å². The molecular weight excluding hydrogens is 198 g/mol. The number of amidine groups is 1. The molecule has 14 heavy (non-hydrogen) atoms. The lowest BCUT2D eigenvalue weighted by molar-refractivity contribution is 0.402. The maximum absolute atomic E-state index is 7.28. The third-order valence-electron chi connectivity index (χ3n) is 1.74. The first-order valence-electron chi connectivity index (χ1n) is 4.17. The molecule has 0 aromatic heterocycles. The topological polar surface area (TPSA) is 53.1 Å². The number of nitrogens with zero attached hydrogens (tertiary/aromatic N) is 1. The second kappa shape index (κ2) is 5.62. The highest BCUT2D eigenvalue weighted by atomic mass is 35.5. The van der Waals surface area contributed by atoms with Gasteiger partial charge in [0.1, 0.15) is 5.84 Å². The number of nitrogens with one attached hydrogen (secondary N) is 1. The van der Waals surface area contributed by atoms with Crippen LogP contribution in [-0.4, -0.2) is 24.8 Å². The van der Waals surface area contributed by atoms with Crippen LogP contribution in [0.1, 0.15) is 11.1 Å². The third-order valence-corrected chi connectivity index (χ3v) is 1.74. The number of hydrogen-bond donors (Lipinski definition) is 2. The summed E-state index contributed by atoms with van der Waals surface area (Å²) in [5.41, 5.74) is 7.35. The highest BCUT2D eigenvalue weighted by Crippen LogP contribution is 2.05. The van der Waals surface area contributed by atoms with Crippen molar-refractivity contribution in [2.75, 3.05) is 14.1 Å². The van der Waals surface area contributed by atoms with Crippen molar-refractivity contribution in [1.82, 2.24) is 4.90 Å². The van der Waals surface area contributed by atoms with E-state index in [1.54, 1.807) is 0 Å². The molecule has 0 aliphatic carbocycles. The second-order valence-corrected chi connectivity index (χ2v) is 3.35. The van der Waals surface area contributed by atoms with E-state index in [1.807, 2.05) is 38.4 Å².